The van der Waals surface area contributed by atoms with Crippen LogP contribution in [0.25, 0.3) is 4.95 Å². The van der Waals surface area contributed by atoms with E-state index in [0.29, 0.717) is 21.3 Å². The van der Waals surface area contributed by atoms with Gasteiger partial charge in [0, 0.05) is 11.4 Å². The van der Waals surface area contributed by atoms with Crippen molar-refractivity contribution in [3.63, 3.8) is 0 Å². The average molecular weight is 548 g/mol. The minimum atomic E-state index is -3.80. The minimum Gasteiger partial charge on any atom is -0.375 e. The average Bonchev–Trinajstić information content (AvgIpc) is 3.22. The Hall–Kier alpha value is -3.43. The fraction of sp³-hybridized carbons (Fsp3) is 0.0909. The number of nitrogens with one attached hydrogen (secondary N) is 2. The Bertz CT molecular complexity index is 1510. The molecular weight excluding hydrogens is 533 g/mol. The summed E-state index contributed by atoms with van der Waals surface area (Å²) in [6.45, 7) is 6.92. The van der Waals surface area contributed by atoms with E-state index >= 15 is 0 Å². The standard InChI is InChI=1S/C22H15Cl2N5O4S2/c1-25-28-19(12-35(32,33)21-9-8-18(24)34-21)27-13-6-7-17(15(23)10-13)29-20(30)11-26-16-5-3-2-4-14(16)22(29)31/h2-10,26H,11-12H2,(H,27,28). The number of hydrogen-bond acceptors (Lipinski definition) is 7. The molecule has 178 valence electrons. The first kappa shape index (κ1) is 24.7. The number of thiophene rings is 1. The highest BCUT2D eigenvalue weighted by Crippen LogP contribution is 2.33. The largest absolute Gasteiger partial charge is 0.375 e. The molecule has 1 aromatic heterocycles. The van der Waals surface area contributed by atoms with Crippen LogP contribution in [-0.4, -0.2) is 38.4 Å². The van der Waals surface area contributed by atoms with Gasteiger partial charge in [-0.2, -0.15) is 6.57 Å². The van der Waals surface area contributed by atoms with Crippen molar-refractivity contribution in [2.45, 2.75) is 4.21 Å². The lowest BCUT2D eigenvalue weighted by Gasteiger charge is -2.20. The molecule has 2 heterocycles. The van der Waals surface area contributed by atoms with Crippen molar-refractivity contribution >= 4 is 79.1 Å². The summed E-state index contributed by atoms with van der Waals surface area (Å²) in [5, 5.41) is 9.34. The Morgan fingerprint density at radius 1 is 1.17 bits per heavy atom. The Balaban J connectivity index is 1.60. The third-order valence-electron chi connectivity index (χ3n) is 4.87. The van der Waals surface area contributed by atoms with Crippen molar-refractivity contribution in [2.24, 2.45) is 5.10 Å². The molecule has 0 atom stereocenters. The number of fused-ring (bicyclic) bond motifs is 1. The van der Waals surface area contributed by atoms with Gasteiger partial charge in [-0.05, 0) is 42.5 Å². The lowest BCUT2D eigenvalue weighted by atomic mass is 10.1. The van der Waals surface area contributed by atoms with Crippen LogP contribution in [0.5, 0.6) is 0 Å². The zero-order valence-electron chi connectivity index (χ0n) is 17.7. The zero-order chi connectivity index (χ0) is 25.2. The third kappa shape index (κ3) is 5.31. The topological polar surface area (TPSA) is 112 Å². The van der Waals surface area contributed by atoms with Crippen LogP contribution in [0, 0.1) is 6.57 Å². The number of rotatable bonds is 5. The molecule has 0 radical (unpaired) electrons. The number of hydrogen-bond donors (Lipinski definition) is 2. The minimum absolute atomic E-state index is 0.0439. The summed E-state index contributed by atoms with van der Waals surface area (Å²) in [6, 6.07) is 14.0. The molecule has 0 saturated carbocycles. The maximum atomic E-state index is 13.1. The van der Waals surface area contributed by atoms with Gasteiger partial charge in [0.1, 0.15) is 15.1 Å². The quantitative estimate of drug-likeness (QED) is 0.156. The maximum absolute atomic E-state index is 13.1. The van der Waals surface area contributed by atoms with Crippen molar-refractivity contribution in [2.75, 3.05) is 27.8 Å². The molecule has 35 heavy (non-hydrogen) atoms. The molecule has 2 N–H and O–H groups in total. The van der Waals surface area contributed by atoms with Gasteiger partial charge in [0.25, 0.3) is 11.8 Å². The van der Waals surface area contributed by atoms with E-state index in [-0.39, 0.29) is 27.3 Å². The van der Waals surface area contributed by atoms with Crippen LogP contribution in [0.4, 0.5) is 17.1 Å². The number of halogens is 2. The number of imide groups is 1. The number of amides is 2. The number of nitrogens with zero attached hydrogens (tertiary/aromatic N) is 3. The SMILES string of the molecule is [C-]#[N+]/N=C(\CS(=O)(=O)c1ccc(Cl)s1)Nc1ccc(N2C(=O)CNc3ccccc3C2=O)c(Cl)c1. The summed E-state index contributed by atoms with van der Waals surface area (Å²) in [6.07, 6.45) is 0. The molecule has 2 amide bonds. The predicted molar refractivity (Wildman–Crippen MR) is 137 cm³/mol. The smallest absolute Gasteiger partial charge is 0.267 e. The van der Waals surface area contributed by atoms with Gasteiger partial charge < -0.3 is 10.6 Å². The van der Waals surface area contributed by atoms with E-state index in [1.807, 2.05) is 0 Å². The van der Waals surface area contributed by atoms with Crippen LogP contribution >= 0.6 is 34.5 Å². The molecule has 1 aliphatic rings. The van der Waals surface area contributed by atoms with Gasteiger partial charge >= 0.3 is 0 Å². The molecule has 13 heteroatoms. The third-order valence-corrected chi connectivity index (χ3v) is 8.61. The Morgan fingerprint density at radius 2 is 1.94 bits per heavy atom. The number of benzene rings is 2. The van der Waals surface area contributed by atoms with Gasteiger partial charge in [-0.25, -0.2) is 13.3 Å². The molecular formula is C22H15Cl2N5O4S2. The summed E-state index contributed by atoms with van der Waals surface area (Å²) >= 11 is 13.2. The van der Waals surface area contributed by atoms with Crippen LogP contribution in [-0.2, 0) is 14.6 Å². The summed E-state index contributed by atoms with van der Waals surface area (Å²) in [4.78, 5) is 29.8. The molecule has 0 bridgehead atoms. The summed E-state index contributed by atoms with van der Waals surface area (Å²) < 4.78 is 25.7. The summed E-state index contributed by atoms with van der Waals surface area (Å²) in [5.74, 6) is -1.73. The van der Waals surface area contributed by atoms with E-state index in [0.717, 1.165) is 16.2 Å². The lowest BCUT2D eigenvalue weighted by molar-refractivity contribution is -0.116. The fourth-order valence-electron chi connectivity index (χ4n) is 3.35. The molecule has 9 nitrogen and oxygen atoms in total. The summed E-state index contributed by atoms with van der Waals surface area (Å²) in [5.41, 5.74) is 1.34. The molecule has 0 fully saturated rings. The second-order valence-electron chi connectivity index (χ2n) is 7.19. The number of para-hydroxylation sites is 1. The molecule has 3 aromatic rings. The van der Waals surface area contributed by atoms with Gasteiger partial charge in [0.15, 0.2) is 9.84 Å². The molecule has 0 unspecified atom stereocenters. The number of anilines is 3. The number of carbonyl (C=O) groups excluding carboxylic acids is 2. The molecule has 2 aromatic carbocycles. The fourth-order valence-corrected chi connectivity index (χ4v) is 6.39. The molecule has 1 aliphatic heterocycles. The van der Waals surface area contributed by atoms with Crippen LogP contribution in [0.1, 0.15) is 10.4 Å². The highest BCUT2D eigenvalue weighted by atomic mass is 35.5. The first-order chi connectivity index (χ1) is 16.7. The van der Waals surface area contributed by atoms with E-state index in [1.165, 1.54) is 30.3 Å². The second kappa shape index (κ2) is 10.1. The molecule has 0 saturated heterocycles. The van der Waals surface area contributed by atoms with Crippen LogP contribution in [0.15, 0.2) is 63.9 Å². The van der Waals surface area contributed by atoms with Crippen LogP contribution < -0.4 is 15.5 Å². The van der Waals surface area contributed by atoms with E-state index in [2.05, 4.69) is 20.7 Å². The molecule has 4 rings (SSSR count). The second-order valence-corrected chi connectivity index (χ2v) is 11.5. The molecule has 0 aliphatic carbocycles. The highest BCUT2D eigenvalue weighted by molar-refractivity contribution is 7.94. The van der Waals surface area contributed by atoms with Crippen molar-refractivity contribution in [3.8, 4) is 0 Å². The first-order valence-electron chi connectivity index (χ1n) is 9.88. The zero-order valence-corrected chi connectivity index (χ0v) is 20.8. The van der Waals surface area contributed by atoms with E-state index in [1.54, 1.807) is 24.3 Å². The van der Waals surface area contributed by atoms with Gasteiger partial charge in [-0.15, -0.1) is 16.3 Å². The lowest BCUT2D eigenvalue weighted by Crippen LogP contribution is -2.38. The van der Waals surface area contributed by atoms with Crippen molar-refractivity contribution in [1.29, 1.82) is 0 Å². The van der Waals surface area contributed by atoms with Gasteiger partial charge in [-0.3, -0.25) is 9.59 Å². The monoisotopic (exact) mass is 547 g/mol. The van der Waals surface area contributed by atoms with Gasteiger partial charge in [-0.1, -0.05) is 35.3 Å². The number of amidine groups is 1. The Labute approximate surface area is 214 Å². The maximum Gasteiger partial charge on any atom is 0.267 e. The van der Waals surface area contributed by atoms with E-state index < -0.39 is 27.4 Å². The molecule has 0 spiro atoms. The van der Waals surface area contributed by atoms with Gasteiger partial charge in [0.2, 0.25) is 5.84 Å². The van der Waals surface area contributed by atoms with E-state index in [4.69, 9.17) is 29.8 Å². The van der Waals surface area contributed by atoms with Crippen molar-refractivity contribution in [1.82, 2.24) is 0 Å². The first-order valence-corrected chi connectivity index (χ1v) is 13.1. The van der Waals surface area contributed by atoms with Crippen molar-refractivity contribution < 1.29 is 18.0 Å². The van der Waals surface area contributed by atoms with Crippen molar-refractivity contribution in [3.05, 3.63) is 81.0 Å². The van der Waals surface area contributed by atoms with Crippen LogP contribution in [0.2, 0.25) is 9.36 Å². The van der Waals surface area contributed by atoms with Gasteiger partial charge in [0.05, 0.1) is 27.2 Å². The Kier molecular flexibility index (Phi) is 7.09. The van der Waals surface area contributed by atoms with E-state index in [9.17, 15) is 18.0 Å². The highest BCUT2D eigenvalue weighted by Gasteiger charge is 2.31. The number of carbonyl (C=O) groups is 2. The predicted octanol–water partition coefficient (Wildman–Crippen LogP) is 4.77. The number of sulfone groups is 1. The Morgan fingerprint density at radius 3 is 2.63 bits per heavy atom. The normalized spacial score (nSPS) is 14.1. The summed E-state index contributed by atoms with van der Waals surface area (Å²) in [7, 11) is -3.80. The van der Waals surface area contributed by atoms with Crippen LogP contribution in [0.3, 0.4) is 0 Å².